The molecule has 5 nitrogen and oxygen atoms in total. The van der Waals surface area contributed by atoms with E-state index in [2.05, 4.69) is 24.0 Å². The average Bonchev–Trinajstić information content (AvgIpc) is 2.90. The zero-order valence-electron chi connectivity index (χ0n) is 12.7. The van der Waals surface area contributed by atoms with Crippen LogP contribution in [0, 0.1) is 0 Å². The average molecular weight is 286 g/mol. The Morgan fingerprint density at radius 1 is 1.38 bits per heavy atom. The Balaban J connectivity index is 1.84. The van der Waals surface area contributed by atoms with E-state index in [0.717, 1.165) is 31.6 Å². The third-order valence-electron chi connectivity index (χ3n) is 4.05. The molecule has 2 aromatic heterocycles. The Labute approximate surface area is 125 Å². The topological polar surface area (TPSA) is 40.9 Å². The molecule has 2 aromatic rings. The fourth-order valence-corrected chi connectivity index (χ4v) is 3.06. The number of carbonyl (C=O) groups is 1. The van der Waals surface area contributed by atoms with Crippen molar-refractivity contribution in [3.05, 3.63) is 36.3 Å². The van der Waals surface area contributed by atoms with Gasteiger partial charge in [-0.1, -0.05) is 6.07 Å². The van der Waals surface area contributed by atoms with Gasteiger partial charge in [0.1, 0.15) is 11.3 Å². The summed E-state index contributed by atoms with van der Waals surface area (Å²) in [7, 11) is 4.12. The van der Waals surface area contributed by atoms with Crippen molar-refractivity contribution in [3.63, 3.8) is 0 Å². The van der Waals surface area contributed by atoms with Crippen LogP contribution in [0.4, 0.5) is 0 Å². The molecule has 0 saturated carbocycles. The number of pyridine rings is 1. The van der Waals surface area contributed by atoms with Gasteiger partial charge in [0.05, 0.1) is 0 Å². The van der Waals surface area contributed by atoms with Gasteiger partial charge in [0, 0.05) is 31.5 Å². The van der Waals surface area contributed by atoms with Gasteiger partial charge >= 0.3 is 0 Å². The highest BCUT2D eigenvalue weighted by molar-refractivity contribution is 5.93. The summed E-state index contributed by atoms with van der Waals surface area (Å²) in [4.78, 5) is 21.4. The summed E-state index contributed by atoms with van der Waals surface area (Å²) in [6, 6.07) is 6.10. The monoisotopic (exact) mass is 286 g/mol. The van der Waals surface area contributed by atoms with Gasteiger partial charge in [-0.25, -0.2) is 4.98 Å². The number of amides is 1. The van der Waals surface area contributed by atoms with Crippen LogP contribution in [0.5, 0.6) is 0 Å². The number of piperidine rings is 1. The molecule has 21 heavy (non-hydrogen) atoms. The lowest BCUT2D eigenvalue weighted by Gasteiger charge is -2.36. The summed E-state index contributed by atoms with van der Waals surface area (Å²) in [6.07, 6.45) is 7.12. The van der Waals surface area contributed by atoms with Gasteiger partial charge in [-0.15, -0.1) is 0 Å². The molecule has 1 saturated heterocycles. The molecular formula is C16H22N4O. The Bertz CT molecular complexity index is 601. The van der Waals surface area contributed by atoms with Crippen molar-refractivity contribution in [2.24, 2.45) is 0 Å². The molecular weight excluding hydrogens is 264 g/mol. The summed E-state index contributed by atoms with van der Waals surface area (Å²) in [6.45, 7) is 1.75. The summed E-state index contributed by atoms with van der Waals surface area (Å²) in [5.41, 5.74) is 1.37. The molecule has 112 valence electrons. The predicted molar refractivity (Wildman–Crippen MR) is 82.4 cm³/mol. The fourth-order valence-electron chi connectivity index (χ4n) is 3.06. The van der Waals surface area contributed by atoms with Crippen molar-refractivity contribution in [2.45, 2.75) is 25.3 Å². The van der Waals surface area contributed by atoms with E-state index in [1.807, 2.05) is 39.9 Å². The minimum Gasteiger partial charge on any atom is -0.333 e. The highest BCUT2D eigenvalue weighted by Gasteiger charge is 2.29. The SMILES string of the molecule is CN(C)C[C@H]1CCCCN1C(=O)c1cn2ccccc2n1. The zero-order valence-corrected chi connectivity index (χ0v) is 12.7. The number of nitrogens with zero attached hydrogens (tertiary/aromatic N) is 4. The molecule has 0 aromatic carbocycles. The second kappa shape index (κ2) is 5.85. The Hall–Kier alpha value is -1.88. The van der Waals surface area contributed by atoms with Gasteiger partial charge in [0.2, 0.25) is 0 Å². The largest absolute Gasteiger partial charge is 0.333 e. The zero-order chi connectivity index (χ0) is 14.8. The number of likely N-dealkylation sites (N-methyl/N-ethyl adjacent to an activating group) is 1. The third kappa shape index (κ3) is 2.93. The van der Waals surface area contributed by atoms with Crippen LogP contribution in [0.3, 0.4) is 0 Å². The van der Waals surface area contributed by atoms with Crippen LogP contribution >= 0.6 is 0 Å². The molecule has 1 atom stereocenters. The Kier molecular flexibility index (Phi) is 3.92. The van der Waals surface area contributed by atoms with E-state index in [4.69, 9.17) is 0 Å². The fraction of sp³-hybridized carbons (Fsp3) is 0.500. The second-order valence-corrected chi connectivity index (χ2v) is 6.00. The van der Waals surface area contributed by atoms with Gasteiger partial charge in [0.25, 0.3) is 5.91 Å². The maximum Gasteiger partial charge on any atom is 0.274 e. The summed E-state index contributed by atoms with van der Waals surface area (Å²) in [5.74, 6) is 0.0604. The van der Waals surface area contributed by atoms with E-state index in [0.29, 0.717) is 11.7 Å². The first-order valence-corrected chi connectivity index (χ1v) is 7.54. The van der Waals surface area contributed by atoms with Gasteiger partial charge in [-0.05, 0) is 45.5 Å². The first kappa shape index (κ1) is 14.1. The maximum atomic E-state index is 12.8. The van der Waals surface area contributed by atoms with Crippen molar-refractivity contribution < 1.29 is 4.79 Å². The van der Waals surface area contributed by atoms with E-state index in [9.17, 15) is 4.79 Å². The molecule has 1 fully saturated rings. The minimum absolute atomic E-state index is 0.0604. The quantitative estimate of drug-likeness (QED) is 0.865. The smallest absolute Gasteiger partial charge is 0.274 e. The number of hydrogen-bond donors (Lipinski definition) is 0. The summed E-state index contributed by atoms with van der Waals surface area (Å²) < 4.78 is 1.90. The van der Waals surface area contributed by atoms with Crippen LogP contribution < -0.4 is 0 Å². The predicted octanol–water partition coefficient (Wildman–Crippen LogP) is 1.89. The number of hydrogen-bond acceptors (Lipinski definition) is 3. The first-order valence-electron chi connectivity index (χ1n) is 7.54. The van der Waals surface area contributed by atoms with Crippen LogP contribution in [0.1, 0.15) is 29.8 Å². The van der Waals surface area contributed by atoms with Gasteiger partial charge in [-0.3, -0.25) is 4.79 Å². The number of fused-ring (bicyclic) bond motifs is 1. The van der Waals surface area contributed by atoms with Crippen molar-refractivity contribution in [3.8, 4) is 0 Å². The molecule has 1 aliphatic rings. The summed E-state index contributed by atoms with van der Waals surface area (Å²) >= 11 is 0. The maximum absolute atomic E-state index is 12.8. The van der Waals surface area contributed by atoms with E-state index in [1.165, 1.54) is 6.42 Å². The molecule has 0 spiro atoms. The van der Waals surface area contributed by atoms with Crippen LogP contribution in [-0.2, 0) is 0 Å². The van der Waals surface area contributed by atoms with Gasteiger partial charge in [-0.2, -0.15) is 0 Å². The third-order valence-corrected chi connectivity index (χ3v) is 4.05. The highest BCUT2D eigenvalue weighted by Crippen LogP contribution is 2.20. The first-order chi connectivity index (χ1) is 10.1. The van der Waals surface area contributed by atoms with Crippen molar-refractivity contribution in [2.75, 3.05) is 27.2 Å². The van der Waals surface area contributed by atoms with E-state index >= 15 is 0 Å². The molecule has 0 N–H and O–H groups in total. The molecule has 0 bridgehead atoms. The van der Waals surface area contributed by atoms with Gasteiger partial charge in [0.15, 0.2) is 0 Å². The molecule has 0 aliphatic carbocycles. The number of carbonyl (C=O) groups excluding carboxylic acids is 1. The lowest BCUT2D eigenvalue weighted by atomic mass is 10.0. The summed E-state index contributed by atoms with van der Waals surface area (Å²) in [5, 5.41) is 0. The van der Waals surface area contributed by atoms with E-state index in [1.54, 1.807) is 0 Å². The van der Waals surface area contributed by atoms with Crippen LogP contribution in [-0.4, -0.2) is 58.3 Å². The highest BCUT2D eigenvalue weighted by atomic mass is 16.2. The Morgan fingerprint density at radius 2 is 2.24 bits per heavy atom. The Morgan fingerprint density at radius 3 is 3.00 bits per heavy atom. The van der Waals surface area contributed by atoms with Crippen molar-refractivity contribution >= 4 is 11.6 Å². The van der Waals surface area contributed by atoms with Crippen LogP contribution in [0.25, 0.3) is 5.65 Å². The minimum atomic E-state index is 0.0604. The number of aromatic nitrogens is 2. The van der Waals surface area contributed by atoms with Crippen LogP contribution in [0.2, 0.25) is 0 Å². The molecule has 3 rings (SSSR count). The molecule has 5 heteroatoms. The second-order valence-electron chi connectivity index (χ2n) is 6.00. The van der Waals surface area contributed by atoms with Crippen LogP contribution in [0.15, 0.2) is 30.6 Å². The molecule has 3 heterocycles. The number of rotatable bonds is 3. The van der Waals surface area contributed by atoms with Crippen molar-refractivity contribution in [1.29, 1.82) is 0 Å². The molecule has 1 amide bonds. The van der Waals surface area contributed by atoms with Crippen molar-refractivity contribution in [1.82, 2.24) is 19.2 Å². The lowest BCUT2D eigenvalue weighted by Crippen LogP contribution is -2.48. The lowest BCUT2D eigenvalue weighted by molar-refractivity contribution is 0.0569. The number of likely N-dealkylation sites (tertiary alicyclic amines) is 1. The number of imidazole rings is 1. The standard InChI is InChI=1S/C16H22N4O/c1-18(2)11-13-7-3-6-10-20(13)16(21)14-12-19-9-5-4-8-15(19)17-14/h4-5,8-9,12-13H,3,6-7,10-11H2,1-2H3/t13-/m1/s1. The van der Waals surface area contributed by atoms with E-state index < -0.39 is 0 Å². The van der Waals surface area contributed by atoms with Gasteiger partial charge < -0.3 is 14.2 Å². The normalized spacial score (nSPS) is 19.4. The van der Waals surface area contributed by atoms with E-state index in [-0.39, 0.29) is 5.91 Å². The molecule has 0 radical (unpaired) electrons. The molecule has 0 unspecified atom stereocenters. The molecule has 1 aliphatic heterocycles.